The Hall–Kier alpha value is -2.51. The molecule has 2 aliphatic rings. The first-order valence-electron chi connectivity index (χ1n) is 10.5. The molecule has 0 unspecified atom stereocenters. The van der Waals surface area contributed by atoms with Crippen molar-refractivity contribution in [2.45, 2.75) is 59.3 Å². The molecular weight excluding hydrogens is 370 g/mol. The SMILES string of the molecule is CC(=O)NCC(=O)N1CC[C@@H](c2nc(C)c3c(n2)N(CCC(C)C)C(=O)CC3)C1. The molecule has 0 saturated carbocycles. The zero-order valence-corrected chi connectivity index (χ0v) is 17.8. The third-order valence-corrected chi connectivity index (χ3v) is 5.68. The highest BCUT2D eigenvalue weighted by Gasteiger charge is 2.33. The molecule has 1 saturated heterocycles. The lowest BCUT2D eigenvalue weighted by Crippen LogP contribution is -2.39. The van der Waals surface area contributed by atoms with Crippen LogP contribution in [0.5, 0.6) is 0 Å². The molecule has 0 radical (unpaired) electrons. The Kier molecular flexibility index (Phi) is 6.49. The average molecular weight is 402 g/mol. The predicted octanol–water partition coefficient (Wildman–Crippen LogP) is 1.56. The van der Waals surface area contributed by atoms with Gasteiger partial charge in [0.05, 0.1) is 6.54 Å². The van der Waals surface area contributed by atoms with Gasteiger partial charge in [-0.1, -0.05) is 13.8 Å². The van der Waals surface area contributed by atoms with Gasteiger partial charge in [-0.05, 0) is 32.1 Å². The van der Waals surface area contributed by atoms with Crippen molar-refractivity contribution in [1.29, 1.82) is 0 Å². The summed E-state index contributed by atoms with van der Waals surface area (Å²) in [5.41, 5.74) is 1.99. The molecule has 3 amide bonds. The Morgan fingerprint density at radius 1 is 1.24 bits per heavy atom. The number of hydrogen-bond acceptors (Lipinski definition) is 5. The van der Waals surface area contributed by atoms with Crippen molar-refractivity contribution < 1.29 is 14.4 Å². The van der Waals surface area contributed by atoms with Crippen LogP contribution in [0.4, 0.5) is 5.82 Å². The number of carbonyl (C=O) groups excluding carboxylic acids is 3. The molecule has 29 heavy (non-hydrogen) atoms. The van der Waals surface area contributed by atoms with Crippen LogP contribution in [0.15, 0.2) is 0 Å². The van der Waals surface area contributed by atoms with Crippen LogP contribution in [0, 0.1) is 12.8 Å². The molecule has 1 N–H and O–H groups in total. The number of nitrogens with zero attached hydrogens (tertiary/aromatic N) is 4. The van der Waals surface area contributed by atoms with Gasteiger partial charge in [-0.3, -0.25) is 19.3 Å². The van der Waals surface area contributed by atoms with E-state index in [0.717, 1.165) is 29.9 Å². The number of hydrogen-bond donors (Lipinski definition) is 1. The quantitative estimate of drug-likeness (QED) is 0.781. The second kappa shape index (κ2) is 8.88. The van der Waals surface area contributed by atoms with Crippen LogP contribution >= 0.6 is 0 Å². The van der Waals surface area contributed by atoms with Gasteiger partial charge in [0.1, 0.15) is 11.6 Å². The zero-order valence-electron chi connectivity index (χ0n) is 17.8. The molecule has 0 aliphatic carbocycles. The molecule has 1 aromatic heterocycles. The molecule has 1 fully saturated rings. The number of rotatable bonds is 6. The first kappa shape index (κ1) is 21.2. The number of nitrogens with one attached hydrogen (secondary N) is 1. The lowest BCUT2D eigenvalue weighted by Gasteiger charge is -2.30. The summed E-state index contributed by atoms with van der Waals surface area (Å²) < 4.78 is 0. The molecule has 158 valence electrons. The van der Waals surface area contributed by atoms with Crippen LogP contribution < -0.4 is 10.2 Å². The van der Waals surface area contributed by atoms with E-state index in [-0.39, 0.29) is 30.2 Å². The summed E-state index contributed by atoms with van der Waals surface area (Å²) in [6.45, 7) is 9.53. The fourth-order valence-corrected chi connectivity index (χ4v) is 3.91. The maximum Gasteiger partial charge on any atom is 0.241 e. The van der Waals surface area contributed by atoms with Crippen molar-refractivity contribution >= 4 is 23.5 Å². The number of aryl methyl sites for hydroxylation is 1. The molecule has 0 bridgehead atoms. The van der Waals surface area contributed by atoms with Gasteiger partial charge in [0.25, 0.3) is 0 Å². The Morgan fingerprint density at radius 2 is 2.00 bits per heavy atom. The summed E-state index contributed by atoms with van der Waals surface area (Å²) in [7, 11) is 0. The number of aromatic nitrogens is 2. The molecular formula is C21H31N5O3. The summed E-state index contributed by atoms with van der Waals surface area (Å²) in [5.74, 6) is 1.84. The van der Waals surface area contributed by atoms with E-state index in [1.54, 1.807) is 4.90 Å². The van der Waals surface area contributed by atoms with Crippen LogP contribution in [0.1, 0.15) is 63.0 Å². The fraction of sp³-hybridized carbons (Fsp3) is 0.667. The summed E-state index contributed by atoms with van der Waals surface area (Å²) in [4.78, 5) is 49.0. The van der Waals surface area contributed by atoms with Gasteiger partial charge in [-0.15, -0.1) is 0 Å². The van der Waals surface area contributed by atoms with Gasteiger partial charge >= 0.3 is 0 Å². The third-order valence-electron chi connectivity index (χ3n) is 5.68. The van der Waals surface area contributed by atoms with Gasteiger partial charge in [0.15, 0.2) is 0 Å². The number of fused-ring (bicyclic) bond motifs is 1. The Morgan fingerprint density at radius 3 is 2.69 bits per heavy atom. The van der Waals surface area contributed by atoms with Crippen molar-refractivity contribution in [2.24, 2.45) is 5.92 Å². The average Bonchev–Trinajstić information content (AvgIpc) is 3.15. The normalized spacial score (nSPS) is 18.9. The Labute approximate surface area is 172 Å². The number of amides is 3. The fourth-order valence-electron chi connectivity index (χ4n) is 3.91. The third kappa shape index (κ3) is 4.92. The van der Waals surface area contributed by atoms with Crippen LogP contribution in [0.3, 0.4) is 0 Å². The van der Waals surface area contributed by atoms with Gasteiger partial charge in [-0.25, -0.2) is 9.97 Å². The summed E-state index contributed by atoms with van der Waals surface area (Å²) in [5, 5.41) is 2.56. The molecule has 1 aromatic rings. The molecule has 8 heteroatoms. The summed E-state index contributed by atoms with van der Waals surface area (Å²) in [6, 6.07) is 0. The molecule has 1 atom stereocenters. The van der Waals surface area contributed by atoms with Crippen LogP contribution in [-0.4, -0.2) is 58.8 Å². The largest absolute Gasteiger partial charge is 0.347 e. The van der Waals surface area contributed by atoms with Crippen LogP contribution in [0.2, 0.25) is 0 Å². The Bertz CT molecular complexity index is 808. The summed E-state index contributed by atoms with van der Waals surface area (Å²) in [6.07, 6.45) is 2.90. The molecule has 3 heterocycles. The summed E-state index contributed by atoms with van der Waals surface area (Å²) >= 11 is 0. The lowest BCUT2D eigenvalue weighted by molar-refractivity contribution is -0.131. The zero-order chi connectivity index (χ0) is 21.1. The second-order valence-electron chi connectivity index (χ2n) is 8.43. The van der Waals surface area contributed by atoms with E-state index < -0.39 is 0 Å². The molecule has 3 rings (SSSR count). The highest BCUT2D eigenvalue weighted by Crippen LogP contribution is 2.32. The van der Waals surface area contributed by atoms with Crippen LogP contribution in [0.25, 0.3) is 0 Å². The van der Waals surface area contributed by atoms with Crippen molar-refractivity contribution in [3.05, 3.63) is 17.1 Å². The highest BCUT2D eigenvalue weighted by molar-refractivity contribution is 5.95. The smallest absolute Gasteiger partial charge is 0.241 e. The van der Waals surface area contributed by atoms with Gasteiger partial charge in [0, 0.05) is 50.2 Å². The molecule has 0 aromatic carbocycles. The highest BCUT2D eigenvalue weighted by atomic mass is 16.2. The van der Waals surface area contributed by atoms with Gasteiger partial charge < -0.3 is 10.2 Å². The minimum absolute atomic E-state index is 0.0175. The van der Waals surface area contributed by atoms with E-state index in [1.165, 1.54) is 6.92 Å². The van der Waals surface area contributed by atoms with Crippen LogP contribution in [-0.2, 0) is 20.8 Å². The number of likely N-dealkylation sites (tertiary alicyclic amines) is 1. The minimum atomic E-state index is -0.214. The van der Waals surface area contributed by atoms with Crippen molar-refractivity contribution in [3.8, 4) is 0 Å². The first-order chi connectivity index (χ1) is 13.8. The van der Waals surface area contributed by atoms with Crippen molar-refractivity contribution in [3.63, 3.8) is 0 Å². The maximum atomic E-state index is 12.6. The van der Waals surface area contributed by atoms with Crippen molar-refractivity contribution in [1.82, 2.24) is 20.2 Å². The van der Waals surface area contributed by atoms with E-state index in [1.807, 2.05) is 11.8 Å². The van der Waals surface area contributed by atoms with E-state index in [2.05, 4.69) is 19.2 Å². The Balaban J connectivity index is 1.78. The molecule has 2 aliphatic heterocycles. The van der Waals surface area contributed by atoms with Gasteiger partial charge in [0.2, 0.25) is 17.7 Å². The standard InChI is InChI=1S/C21H31N5O3/c1-13(2)7-10-26-18(28)6-5-17-14(3)23-20(24-21(17)26)16-8-9-25(12-16)19(29)11-22-15(4)27/h13,16H,5-12H2,1-4H3,(H,22,27)/t16-/m1/s1. The van der Waals surface area contributed by atoms with E-state index in [0.29, 0.717) is 44.2 Å². The maximum absolute atomic E-state index is 12.6. The molecule has 8 nitrogen and oxygen atoms in total. The van der Waals surface area contributed by atoms with E-state index in [4.69, 9.17) is 9.97 Å². The topological polar surface area (TPSA) is 95.5 Å². The lowest BCUT2D eigenvalue weighted by atomic mass is 10.0. The van der Waals surface area contributed by atoms with E-state index in [9.17, 15) is 14.4 Å². The first-order valence-corrected chi connectivity index (χ1v) is 10.5. The minimum Gasteiger partial charge on any atom is -0.347 e. The monoisotopic (exact) mass is 401 g/mol. The molecule has 0 spiro atoms. The number of carbonyl (C=O) groups is 3. The predicted molar refractivity (Wildman–Crippen MR) is 110 cm³/mol. The van der Waals surface area contributed by atoms with Crippen molar-refractivity contribution in [2.75, 3.05) is 31.1 Å². The second-order valence-corrected chi connectivity index (χ2v) is 8.43. The van der Waals surface area contributed by atoms with Gasteiger partial charge in [-0.2, -0.15) is 0 Å². The van der Waals surface area contributed by atoms with E-state index >= 15 is 0 Å². The number of anilines is 1.